The highest BCUT2D eigenvalue weighted by Gasteiger charge is 2.27. The fourth-order valence-corrected chi connectivity index (χ4v) is 4.95. The SMILES string of the molecule is N#CC1C=CC(c2ccc(-c3cc(Cl)cc4c3NC(c3ccc(-c5ccccc5)cc3)O4)cc2)=CC1. The first-order valence-electron chi connectivity index (χ1n) is 12.0. The van der Waals surface area contributed by atoms with E-state index in [1.165, 1.54) is 11.1 Å². The first-order valence-corrected chi connectivity index (χ1v) is 12.4. The Morgan fingerprint density at radius 2 is 1.53 bits per heavy atom. The van der Waals surface area contributed by atoms with E-state index in [1.54, 1.807) is 0 Å². The zero-order chi connectivity index (χ0) is 24.5. The second kappa shape index (κ2) is 9.41. The van der Waals surface area contributed by atoms with Gasteiger partial charge >= 0.3 is 0 Å². The summed E-state index contributed by atoms with van der Waals surface area (Å²) in [7, 11) is 0. The van der Waals surface area contributed by atoms with Crippen molar-refractivity contribution in [3.8, 4) is 34.1 Å². The summed E-state index contributed by atoms with van der Waals surface area (Å²) in [4.78, 5) is 0. The Balaban J connectivity index is 1.25. The number of hydrogen-bond acceptors (Lipinski definition) is 3. The van der Waals surface area contributed by atoms with Crippen LogP contribution in [0.15, 0.2) is 109 Å². The number of nitrogens with one attached hydrogen (secondary N) is 1. The standard InChI is InChI=1S/C32H23ClN2O/c33-28-18-29(26-14-10-25(11-15-26)23-8-6-21(20-34)7-9-23)31-30(19-28)36-32(35-31)27-16-12-24(13-17-27)22-4-2-1-3-5-22/h1-6,8-19,21,32,35H,7H2. The maximum absolute atomic E-state index is 9.10. The molecule has 3 nitrogen and oxygen atoms in total. The summed E-state index contributed by atoms with van der Waals surface area (Å²) in [6.07, 6.45) is 6.60. The predicted octanol–water partition coefficient (Wildman–Crippen LogP) is 8.66. The fraction of sp³-hybridized carbons (Fsp3) is 0.0938. The van der Waals surface area contributed by atoms with Crippen LogP contribution in [0.3, 0.4) is 0 Å². The number of nitrogens with zero attached hydrogens (tertiary/aromatic N) is 1. The summed E-state index contributed by atoms with van der Waals surface area (Å²) in [5.41, 5.74) is 8.69. The molecule has 0 saturated carbocycles. The molecule has 1 N–H and O–H groups in total. The van der Waals surface area contributed by atoms with E-state index in [2.05, 4.69) is 78.1 Å². The summed E-state index contributed by atoms with van der Waals surface area (Å²) in [6, 6.07) is 33.4. The topological polar surface area (TPSA) is 45.0 Å². The lowest BCUT2D eigenvalue weighted by Gasteiger charge is -2.13. The maximum atomic E-state index is 9.10. The van der Waals surface area contributed by atoms with Gasteiger partial charge in [0.05, 0.1) is 17.7 Å². The van der Waals surface area contributed by atoms with Gasteiger partial charge in [-0.05, 0) is 40.3 Å². The Morgan fingerprint density at radius 1 is 0.833 bits per heavy atom. The number of anilines is 1. The van der Waals surface area contributed by atoms with E-state index in [4.69, 9.17) is 21.6 Å². The van der Waals surface area contributed by atoms with Crippen molar-refractivity contribution in [2.75, 3.05) is 5.32 Å². The molecule has 2 unspecified atom stereocenters. The Kier molecular flexibility index (Phi) is 5.81. The van der Waals surface area contributed by atoms with Gasteiger partial charge in [0.25, 0.3) is 0 Å². The van der Waals surface area contributed by atoms with Crippen LogP contribution in [-0.2, 0) is 0 Å². The molecule has 0 amide bonds. The normalized spacial score (nSPS) is 17.9. The minimum atomic E-state index is -0.285. The molecule has 0 aromatic heterocycles. The lowest BCUT2D eigenvalue weighted by atomic mass is 9.93. The molecule has 4 aromatic rings. The fourth-order valence-electron chi connectivity index (χ4n) is 4.74. The molecule has 0 radical (unpaired) electrons. The Hall–Kier alpha value is -4.26. The average molecular weight is 487 g/mol. The number of allylic oxidation sites excluding steroid dienone is 4. The van der Waals surface area contributed by atoms with Crippen LogP contribution in [0.4, 0.5) is 5.69 Å². The van der Waals surface area contributed by atoms with E-state index < -0.39 is 0 Å². The lowest BCUT2D eigenvalue weighted by molar-refractivity contribution is 0.260. The van der Waals surface area contributed by atoms with Gasteiger partial charge in [-0.1, -0.05) is 109 Å². The molecule has 0 saturated heterocycles. The molecule has 1 heterocycles. The number of benzene rings is 4. The summed E-state index contributed by atoms with van der Waals surface area (Å²) >= 11 is 6.49. The molecule has 0 bridgehead atoms. The number of hydrogen-bond donors (Lipinski definition) is 1. The van der Waals surface area contributed by atoms with Crippen molar-refractivity contribution >= 4 is 22.9 Å². The van der Waals surface area contributed by atoms with Crippen LogP contribution in [0.25, 0.3) is 27.8 Å². The third-order valence-corrected chi connectivity index (χ3v) is 6.92. The zero-order valence-corrected chi connectivity index (χ0v) is 20.2. The predicted molar refractivity (Wildman–Crippen MR) is 147 cm³/mol. The van der Waals surface area contributed by atoms with Crippen molar-refractivity contribution in [2.24, 2.45) is 5.92 Å². The number of nitriles is 1. The highest BCUT2D eigenvalue weighted by Crippen LogP contribution is 2.46. The van der Waals surface area contributed by atoms with Crippen molar-refractivity contribution in [1.29, 1.82) is 5.26 Å². The molecule has 0 fully saturated rings. The molecule has 6 rings (SSSR count). The smallest absolute Gasteiger partial charge is 0.196 e. The number of rotatable bonds is 4. The van der Waals surface area contributed by atoms with Crippen molar-refractivity contribution in [3.63, 3.8) is 0 Å². The third kappa shape index (κ3) is 4.28. The molecule has 2 aliphatic rings. The van der Waals surface area contributed by atoms with Crippen molar-refractivity contribution in [3.05, 3.63) is 125 Å². The van der Waals surface area contributed by atoms with Gasteiger partial charge in [0, 0.05) is 22.2 Å². The molecular weight excluding hydrogens is 464 g/mol. The van der Waals surface area contributed by atoms with Crippen LogP contribution in [-0.4, -0.2) is 0 Å². The molecule has 174 valence electrons. The van der Waals surface area contributed by atoms with Gasteiger partial charge in [-0.25, -0.2) is 0 Å². The second-order valence-corrected chi connectivity index (χ2v) is 9.46. The van der Waals surface area contributed by atoms with E-state index in [9.17, 15) is 0 Å². The van der Waals surface area contributed by atoms with E-state index in [0.29, 0.717) is 5.02 Å². The Bertz CT molecular complexity index is 1510. The molecule has 0 spiro atoms. The monoisotopic (exact) mass is 486 g/mol. The highest BCUT2D eigenvalue weighted by molar-refractivity contribution is 6.31. The quantitative estimate of drug-likeness (QED) is 0.314. The summed E-state index contributed by atoms with van der Waals surface area (Å²) in [6.45, 7) is 0. The minimum Gasteiger partial charge on any atom is -0.464 e. The third-order valence-electron chi connectivity index (χ3n) is 6.70. The summed E-state index contributed by atoms with van der Waals surface area (Å²) in [5.74, 6) is 0.717. The van der Waals surface area contributed by atoms with Gasteiger partial charge in [-0.15, -0.1) is 0 Å². The van der Waals surface area contributed by atoms with Crippen molar-refractivity contribution in [2.45, 2.75) is 12.6 Å². The van der Waals surface area contributed by atoms with E-state index >= 15 is 0 Å². The van der Waals surface area contributed by atoms with Crippen LogP contribution in [0.2, 0.25) is 5.02 Å². The maximum Gasteiger partial charge on any atom is 0.196 e. The zero-order valence-electron chi connectivity index (χ0n) is 19.5. The van der Waals surface area contributed by atoms with Crippen LogP contribution in [0.1, 0.15) is 23.8 Å². The van der Waals surface area contributed by atoms with Gasteiger partial charge in [0.15, 0.2) is 6.23 Å². The number of fused-ring (bicyclic) bond motifs is 1. The average Bonchev–Trinajstić information content (AvgIpc) is 3.37. The Morgan fingerprint density at radius 3 is 2.22 bits per heavy atom. The van der Waals surface area contributed by atoms with E-state index in [-0.39, 0.29) is 12.1 Å². The lowest BCUT2D eigenvalue weighted by Crippen LogP contribution is -2.10. The van der Waals surface area contributed by atoms with Gasteiger partial charge in [0.1, 0.15) is 5.75 Å². The number of ether oxygens (including phenoxy) is 1. The summed E-state index contributed by atoms with van der Waals surface area (Å²) < 4.78 is 6.28. The minimum absolute atomic E-state index is 0.0318. The van der Waals surface area contributed by atoms with Gasteiger partial charge in [-0.2, -0.15) is 5.26 Å². The largest absolute Gasteiger partial charge is 0.464 e. The molecule has 36 heavy (non-hydrogen) atoms. The second-order valence-electron chi connectivity index (χ2n) is 9.02. The van der Waals surface area contributed by atoms with Gasteiger partial charge < -0.3 is 10.1 Å². The first-order chi connectivity index (χ1) is 17.7. The van der Waals surface area contributed by atoms with Crippen molar-refractivity contribution in [1.82, 2.24) is 0 Å². The summed E-state index contributed by atoms with van der Waals surface area (Å²) in [5, 5.41) is 13.3. The molecular formula is C32H23ClN2O. The first kappa shape index (κ1) is 22.2. The van der Waals surface area contributed by atoms with Crippen LogP contribution in [0.5, 0.6) is 5.75 Å². The number of halogens is 1. The van der Waals surface area contributed by atoms with Crippen molar-refractivity contribution < 1.29 is 4.74 Å². The van der Waals surface area contributed by atoms with Gasteiger partial charge in [0.2, 0.25) is 0 Å². The molecule has 4 aromatic carbocycles. The molecule has 1 aliphatic carbocycles. The molecule has 4 heteroatoms. The van der Waals surface area contributed by atoms with E-state index in [1.807, 2.05) is 42.5 Å². The highest BCUT2D eigenvalue weighted by atomic mass is 35.5. The van der Waals surface area contributed by atoms with Crippen LogP contribution < -0.4 is 10.1 Å². The Labute approximate surface area is 215 Å². The van der Waals surface area contributed by atoms with Gasteiger partial charge in [-0.3, -0.25) is 0 Å². The van der Waals surface area contributed by atoms with E-state index in [0.717, 1.165) is 45.7 Å². The van der Waals surface area contributed by atoms with Crippen LogP contribution >= 0.6 is 11.6 Å². The molecule has 1 aliphatic heterocycles. The molecule has 2 atom stereocenters. The van der Waals surface area contributed by atoms with Crippen LogP contribution in [0, 0.1) is 17.2 Å².